The van der Waals surface area contributed by atoms with Gasteiger partial charge in [0.1, 0.15) is 16.7 Å². The number of anilines is 3. The summed E-state index contributed by atoms with van der Waals surface area (Å²) in [7, 11) is 0. The fourth-order valence-electron chi connectivity index (χ4n) is 8.04. The number of hydrogen-bond acceptors (Lipinski definition) is 4. The van der Waals surface area contributed by atoms with E-state index in [0.717, 1.165) is 66.8 Å². The van der Waals surface area contributed by atoms with Crippen molar-refractivity contribution in [3.8, 4) is 44.8 Å². The molecular weight excluding hydrogens is 697 g/mol. The van der Waals surface area contributed by atoms with Gasteiger partial charge in [-0.25, -0.2) is 4.98 Å². The maximum atomic E-state index is 6.64. The van der Waals surface area contributed by atoms with E-state index in [1.165, 1.54) is 33.0 Å². The first-order valence-electron chi connectivity index (χ1n) is 19.2. The van der Waals surface area contributed by atoms with Crippen LogP contribution < -0.4 is 4.90 Å². The number of furan rings is 1. The van der Waals surface area contributed by atoms with E-state index >= 15 is 0 Å². The average Bonchev–Trinajstić information content (AvgIpc) is 3.90. The molecule has 0 unspecified atom stereocenters. The monoisotopic (exact) mass is 730 g/mol. The van der Waals surface area contributed by atoms with Gasteiger partial charge in [0, 0.05) is 33.6 Å². The molecule has 4 nitrogen and oxygen atoms in total. The predicted octanol–water partition coefficient (Wildman–Crippen LogP) is 15.0. The van der Waals surface area contributed by atoms with E-state index in [4.69, 9.17) is 13.8 Å². The van der Waals surface area contributed by atoms with Crippen LogP contribution in [0.1, 0.15) is 0 Å². The van der Waals surface area contributed by atoms with Crippen molar-refractivity contribution >= 4 is 60.9 Å². The smallest absolute Gasteiger partial charge is 0.227 e. The highest BCUT2D eigenvalue weighted by molar-refractivity contribution is 6.19. The molecule has 0 saturated heterocycles. The Labute approximate surface area is 329 Å². The van der Waals surface area contributed by atoms with Gasteiger partial charge in [0.2, 0.25) is 5.89 Å². The number of fused-ring (bicyclic) bond motifs is 6. The minimum absolute atomic E-state index is 0.582. The number of hydrogen-bond donors (Lipinski definition) is 0. The Kier molecular flexibility index (Phi) is 7.78. The molecule has 0 bridgehead atoms. The number of benzene rings is 9. The van der Waals surface area contributed by atoms with Crippen molar-refractivity contribution in [3.05, 3.63) is 206 Å². The molecule has 0 saturated carbocycles. The van der Waals surface area contributed by atoms with Crippen LogP contribution in [-0.4, -0.2) is 4.98 Å². The Morgan fingerprint density at radius 1 is 0.368 bits per heavy atom. The highest BCUT2D eigenvalue weighted by atomic mass is 16.4. The molecule has 2 aromatic heterocycles. The topological polar surface area (TPSA) is 42.4 Å². The van der Waals surface area contributed by atoms with E-state index in [2.05, 4.69) is 163 Å². The molecular formula is C53H34N2O2. The number of aromatic nitrogens is 1. The molecule has 0 fully saturated rings. The lowest BCUT2D eigenvalue weighted by molar-refractivity contribution is 0.620. The lowest BCUT2D eigenvalue weighted by Gasteiger charge is -2.26. The molecule has 57 heavy (non-hydrogen) atoms. The Hall–Kier alpha value is -7.69. The van der Waals surface area contributed by atoms with Crippen LogP contribution in [-0.2, 0) is 0 Å². The van der Waals surface area contributed by atoms with Gasteiger partial charge in [-0.3, -0.25) is 0 Å². The van der Waals surface area contributed by atoms with Crippen molar-refractivity contribution in [2.75, 3.05) is 4.90 Å². The van der Waals surface area contributed by atoms with Crippen LogP contribution in [0.4, 0.5) is 17.1 Å². The first-order valence-corrected chi connectivity index (χ1v) is 19.2. The van der Waals surface area contributed by atoms with Crippen molar-refractivity contribution in [2.24, 2.45) is 0 Å². The normalized spacial score (nSPS) is 11.5. The molecule has 0 amide bonds. The molecule has 0 aliphatic rings. The van der Waals surface area contributed by atoms with Gasteiger partial charge in [0.25, 0.3) is 0 Å². The van der Waals surface area contributed by atoms with Gasteiger partial charge >= 0.3 is 0 Å². The van der Waals surface area contributed by atoms with Crippen molar-refractivity contribution in [1.82, 2.24) is 4.98 Å². The van der Waals surface area contributed by atoms with E-state index in [0.29, 0.717) is 5.89 Å². The largest absolute Gasteiger partial charge is 0.456 e. The molecule has 2 heterocycles. The zero-order valence-corrected chi connectivity index (χ0v) is 30.8. The van der Waals surface area contributed by atoms with Gasteiger partial charge in [-0.15, -0.1) is 0 Å². The molecule has 0 aliphatic carbocycles. The minimum Gasteiger partial charge on any atom is -0.456 e. The summed E-state index contributed by atoms with van der Waals surface area (Å²) in [6.45, 7) is 0. The van der Waals surface area contributed by atoms with Crippen LogP contribution in [0.2, 0.25) is 0 Å². The standard InChI is InChI=1S/C53H34N2O2/c1-3-11-35(12-4-1)37-21-27-43(28-22-37)55(44-29-23-38(24-30-44)42-20-19-36-13-7-8-16-41(36)33-42)45-31-25-39(26-32-45)47-34-49-50(46-17-9-10-18-48(46)56-49)51-52(47)57-53(54-51)40-14-5-2-6-15-40/h1-34H. The molecule has 0 aliphatic heterocycles. The molecule has 11 rings (SSSR count). The number of nitrogens with zero attached hydrogens (tertiary/aromatic N) is 2. The second-order valence-electron chi connectivity index (χ2n) is 14.4. The maximum absolute atomic E-state index is 6.64. The summed E-state index contributed by atoms with van der Waals surface area (Å²) < 4.78 is 13.1. The Balaban J connectivity index is 1.02. The molecule has 0 atom stereocenters. The van der Waals surface area contributed by atoms with Gasteiger partial charge in [0.15, 0.2) is 5.58 Å². The average molecular weight is 731 g/mol. The van der Waals surface area contributed by atoms with E-state index in [-0.39, 0.29) is 0 Å². The summed E-state index contributed by atoms with van der Waals surface area (Å²) in [4.78, 5) is 7.39. The van der Waals surface area contributed by atoms with Crippen LogP contribution in [0.3, 0.4) is 0 Å². The Bertz CT molecular complexity index is 3200. The van der Waals surface area contributed by atoms with Crippen LogP contribution in [0.15, 0.2) is 215 Å². The fourth-order valence-corrected chi connectivity index (χ4v) is 8.04. The van der Waals surface area contributed by atoms with Gasteiger partial charge in [-0.1, -0.05) is 140 Å². The van der Waals surface area contributed by atoms with Crippen molar-refractivity contribution in [3.63, 3.8) is 0 Å². The molecule has 0 spiro atoms. The second-order valence-corrected chi connectivity index (χ2v) is 14.4. The van der Waals surface area contributed by atoms with E-state index in [1.807, 2.05) is 48.5 Å². The number of rotatable bonds is 7. The third-order valence-electron chi connectivity index (χ3n) is 10.9. The summed E-state index contributed by atoms with van der Waals surface area (Å²) in [5.74, 6) is 0.582. The Morgan fingerprint density at radius 3 is 1.58 bits per heavy atom. The first kappa shape index (κ1) is 32.7. The SMILES string of the molecule is c1ccc(-c2ccc(N(c3ccc(-c4ccc5ccccc5c4)cc3)c3ccc(-c4cc5oc6ccccc6c5c5nc(-c6ccccc6)oc45)cc3)cc2)cc1. The highest BCUT2D eigenvalue weighted by Crippen LogP contribution is 2.43. The van der Waals surface area contributed by atoms with E-state index in [9.17, 15) is 0 Å². The molecule has 268 valence electrons. The van der Waals surface area contributed by atoms with Crippen molar-refractivity contribution in [2.45, 2.75) is 0 Å². The summed E-state index contributed by atoms with van der Waals surface area (Å²) in [5, 5.41) is 4.46. The van der Waals surface area contributed by atoms with Crippen LogP contribution >= 0.6 is 0 Å². The van der Waals surface area contributed by atoms with Crippen LogP contribution in [0, 0.1) is 0 Å². The molecule has 9 aromatic carbocycles. The molecule has 4 heteroatoms. The number of para-hydroxylation sites is 1. The number of oxazole rings is 1. The molecule has 0 radical (unpaired) electrons. The summed E-state index contributed by atoms with van der Waals surface area (Å²) in [6.07, 6.45) is 0. The third kappa shape index (κ3) is 5.83. The zero-order chi connectivity index (χ0) is 37.7. The lowest BCUT2D eigenvalue weighted by atomic mass is 10.00. The summed E-state index contributed by atoms with van der Waals surface area (Å²) >= 11 is 0. The highest BCUT2D eigenvalue weighted by Gasteiger charge is 2.22. The zero-order valence-electron chi connectivity index (χ0n) is 30.8. The first-order chi connectivity index (χ1) is 28.2. The molecule has 0 N–H and O–H groups in total. The van der Waals surface area contributed by atoms with E-state index in [1.54, 1.807) is 0 Å². The Morgan fingerprint density at radius 2 is 0.895 bits per heavy atom. The lowest BCUT2D eigenvalue weighted by Crippen LogP contribution is -2.09. The van der Waals surface area contributed by atoms with Gasteiger partial charge in [0.05, 0.1) is 5.39 Å². The quantitative estimate of drug-likeness (QED) is 0.164. The summed E-state index contributed by atoms with van der Waals surface area (Å²) in [6, 6.07) is 72.3. The summed E-state index contributed by atoms with van der Waals surface area (Å²) in [5.41, 5.74) is 13.9. The maximum Gasteiger partial charge on any atom is 0.227 e. The van der Waals surface area contributed by atoms with Crippen LogP contribution in [0.25, 0.3) is 88.6 Å². The van der Waals surface area contributed by atoms with E-state index < -0.39 is 0 Å². The van der Waals surface area contributed by atoms with Gasteiger partial charge in [-0.2, -0.15) is 0 Å². The van der Waals surface area contributed by atoms with Gasteiger partial charge in [-0.05, 0) is 105 Å². The third-order valence-corrected chi connectivity index (χ3v) is 10.9. The van der Waals surface area contributed by atoms with Crippen LogP contribution in [0.5, 0.6) is 0 Å². The van der Waals surface area contributed by atoms with Crippen molar-refractivity contribution < 1.29 is 8.83 Å². The predicted molar refractivity (Wildman–Crippen MR) is 235 cm³/mol. The second kappa shape index (κ2) is 13.6. The fraction of sp³-hybridized carbons (Fsp3) is 0. The minimum atomic E-state index is 0.582. The van der Waals surface area contributed by atoms with Gasteiger partial charge < -0.3 is 13.7 Å². The molecule has 11 aromatic rings. The van der Waals surface area contributed by atoms with Crippen molar-refractivity contribution in [1.29, 1.82) is 0 Å².